The zero-order chi connectivity index (χ0) is 9.84. The van der Waals surface area contributed by atoms with Gasteiger partial charge in [0.2, 0.25) is 11.8 Å². The molecule has 72 valence electrons. The van der Waals surface area contributed by atoms with E-state index in [1.54, 1.807) is 5.38 Å². The van der Waals surface area contributed by atoms with Crippen LogP contribution in [-0.2, 0) is 4.79 Å². The van der Waals surface area contributed by atoms with Crippen molar-refractivity contribution in [3.63, 3.8) is 0 Å². The van der Waals surface area contributed by atoms with E-state index in [0.29, 0.717) is 5.88 Å². The van der Waals surface area contributed by atoms with E-state index >= 15 is 0 Å². The summed E-state index contributed by atoms with van der Waals surface area (Å²) in [6, 6.07) is -0.425. The highest BCUT2D eigenvalue weighted by atomic mass is 32.1. The van der Waals surface area contributed by atoms with Crippen LogP contribution in [0.2, 0.25) is 0 Å². The standard InChI is InChI=1S/C7H11N3O2S/c1-12-7-4(3-13-10-7)5(8)2-6(9)11/h3,5H,2,8H2,1H3,(H2,9,11)/t5-/m1/s1. The zero-order valence-corrected chi connectivity index (χ0v) is 8.00. The van der Waals surface area contributed by atoms with Crippen LogP contribution in [0, 0.1) is 0 Å². The smallest absolute Gasteiger partial charge is 0.229 e. The predicted molar refractivity (Wildman–Crippen MR) is 49.4 cm³/mol. The summed E-state index contributed by atoms with van der Waals surface area (Å²) in [5, 5.41) is 1.76. The van der Waals surface area contributed by atoms with Gasteiger partial charge in [0.05, 0.1) is 7.11 Å². The van der Waals surface area contributed by atoms with Gasteiger partial charge in [-0.25, -0.2) is 0 Å². The Balaban J connectivity index is 2.75. The van der Waals surface area contributed by atoms with Crippen molar-refractivity contribution >= 4 is 17.4 Å². The molecular weight excluding hydrogens is 190 g/mol. The molecule has 1 heterocycles. The molecular formula is C7H11N3O2S. The second-order valence-corrected chi connectivity index (χ2v) is 3.19. The molecule has 1 amide bonds. The molecule has 1 aromatic rings. The Labute approximate surface area is 79.8 Å². The third kappa shape index (κ3) is 2.40. The van der Waals surface area contributed by atoms with Gasteiger partial charge in [0.1, 0.15) is 0 Å². The summed E-state index contributed by atoms with van der Waals surface area (Å²) >= 11 is 1.24. The first-order valence-corrected chi connectivity index (χ1v) is 4.51. The van der Waals surface area contributed by atoms with Crippen LogP contribution < -0.4 is 16.2 Å². The maximum Gasteiger partial charge on any atom is 0.229 e. The van der Waals surface area contributed by atoms with Crippen molar-refractivity contribution in [3.8, 4) is 5.88 Å². The van der Waals surface area contributed by atoms with E-state index in [4.69, 9.17) is 16.2 Å². The number of hydrogen-bond donors (Lipinski definition) is 2. The third-order valence-corrected chi connectivity index (χ3v) is 2.21. The average Bonchev–Trinajstić information content (AvgIpc) is 2.49. The fourth-order valence-electron chi connectivity index (χ4n) is 0.962. The number of rotatable bonds is 4. The van der Waals surface area contributed by atoms with Crippen molar-refractivity contribution < 1.29 is 9.53 Å². The van der Waals surface area contributed by atoms with E-state index in [1.807, 2.05) is 0 Å². The summed E-state index contributed by atoms with van der Waals surface area (Å²) in [6.45, 7) is 0. The van der Waals surface area contributed by atoms with E-state index in [0.717, 1.165) is 5.56 Å². The lowest BCUT2D eigenvalue weighted by Gasteiger charge is -2.07. The Morgan fingerprint density at radius 2 is 2.54 bits per heavy atom. The molecule has 1 rings (SSSR count). The van der Waals surface area contributed by atoms with Gasteiger partial charge in [0.25, 0.3) is 0 Å². The number of methoxy groups -OCH3 is 1. The molecule has 0 bridgehead atoms. The van der Waals surface area contributed by atoms with Crippen LogP contribution in [0.25, 0.3) is 0 Å². The number of carbonyl (C=O) groups is 1. The number of aromatic nitrogens is 1. The Morgan fingerprint density at radius 1 is 1.85 bits per heavy atom. The van der Waals surface area contributed by atoms with Gasteiger partial charge in [-0.05, 0) is 11.5 Å². The molecule has 0 saturated carbocycles. The first-order valence-electron chi connectivity index (χ1n) is 3.67. The monoisotopic (exact) mass is 201 g/mol. The molecule has 0 unspecified atom stereocenters. The zero-order valence-electron chi connectivity index (χ0n) is 7.19. The van der Waals surface area contributed by atoms with Crippen LogP contribution in [0.3, 0.4) is 0 Å². The maximum absolute atomic E-state index is 10.6. The molecule has 0 saturated heterocycles. The van der Waals surface area contributed by atoms with Gasteiger partial charge in [0, 0.05) is 23.4 Å². The summed E-state index contributed by atoms with van der Waals surface area (Å²) in [6.07, 6.45) is 0.106. The minimum atomic E-state index is -0.430. The van der Waals surface area contributed by atoms with Crippen LogP contribution in [0.15, 0.2) is 5.38 Å². The van der Waals surface area contributed by atoms with E-state index in [-0.39, 0.29) is 6.42 Å². The summed E-state index contributed by atoms with van der Waals surface area (Å²) in [7, 11) is 1.51. The summed E-state index contributed by atoms with van der Waals surface area (Å²) < 4.78 is 8.91. The van der Waals surface area contributed by atoms with Gasteiger partial charge in [-0.2, -0.15) is 4.37 Å². The van der Waals surface area contributed by atoms with Crippen molar-refractivity contribution in [2.45, 2.75) is 12.5 Å². The van der Waals surface area contributed by atoms with Gasteiger partial charge in [0.15, 0.2) is 0 Å². The van der Waals surface area contributed by atoms with Gasteiger partial charge < -0.3 is 16.2 Å². The fourth-order valence-corrected chi connectivity index (χ4v) is 1.68. The number of amides is 1. The second-order valence-electron chi connectivity index (χ2n) is 2.56. The summed E-state index contributed by atoms with van der Waals surface area (Å²) in [5.74, 6) is 0.0412. The van der Waals surface area contributed by atoms with Crippen molar-refractivity contribution in [2.75, 3.05) is 7.11 Å². The van der Waals surface area contributed by atoms with Crippen molar-refractivity contribution in [1.29, 1.82) is 0 Å². The molecule has 1 aromatic heterocycles. The van der Waals surface area contributed by atoms with Gasteiger partial charge in [-0.3, -0.25) is 4.79 Å². The van der Waals surface area contributed by atoms with Crippen LogP contribution in [0.1, 0.15) is 18.0 Å². The van der Waals surface area contributed by atoms with E-state index in [2.05, 4.69) is 4.37 Å². The van der Waals surface area contributed by atoms with E-state index < -0.39 is 11.9 Å². The molecule has 0 aliphatic rings. The van der Waals surface area contributed by atoms with Gasteiger partial charge in [-0.15, -0.1) is 0 Å². The molecule has 1 atom stereocenters. The fraction of sp³-hybridized carbons (Fsp3) is 0.429. The molecule has 4 N–H and O–H groups in total. The minimum absolute atomic E-state index is 0.106. The molecule has 0 fully saturated rings. The highest BCUT2D eigenvalue weighted by molar-refractivity contribution is 7.03. The Kier molecular flexibility index (Phi) is 3.21. The Hall–Kier alpha value is -1.14. The van der Waals surface area contributed by atoms with Crippen LogP contribution in [0.5, 0.6) is 5.88 Å². The molecule has 0 spiro atoms. The summed E-state index contributed by atoms with van der Waals surface area (Å²) in [4.78, 5) is 10.6. The quantitative estimate of drug-likeness (QED) is 0.718. The molecule has 0 radical (unpaired) electrons. The topological polar surface area (TPSA) is 91.2 Å². The number of hydrogen-bond acceptors (Lipinski definition) is 5. The lowest BCUT2D eigenvalue weighted by Crippen LogP contribution is -2.20. The Morgan fingerprint density at radius 3 is 3.08 bits per heavy atom. The normalized spacial score (nSPS) is 12.5. The van der Waals surface area contributed by atoms with Crippen LogP contribution in [0.4, 0.5) is 0 Å². The third-order valence-electron chi connectivity index (χ3n) is 1.58. The van der Waals surface area contributed by atoms with E-state index in [1.165, 1.54) is 18.6 Å². The van der Waals surface area contributed by atoms with Crippen molar-refractivity contribution in [1.82, 2.24) is 4.37 Å². The molecule has 5 nitrogen and oxygen atoms in total. The largest absolute Gasteiger partial charge is 0.480 e. The Bertz CT molecular complexity index is 300. The highest BCUT2D eigenvalue weighted by Crippen LogP contribution is 2.25. The number of nitrogens with zero attached hydrogens (tertiary/aromatic N) is 1. The number of primary amides is 1. The molecule has 6 heteroatoms. The maximum atomic E-state index is 10.6. The SMILES string of the molecule is COc1nscc1[C@H](N)CC(N)=O. The predicted octanol–water partition coefficient (Wildman–Crippen LogP) is 0.0269. The first-order chi connectivity index (χ1) is 6.15. The summed E-state index contributed by atoms with van der Waals surface area (Å²) in [5.41, 5.74) is 11.4. The van der Waals surface area contributed by atoms with Gasteiger partial charge >= 0.3 is 0 Å². The first kappa shape index (κ1) is 9.94. The molecule has 0 aromatic carbocycles. The lowest BCUT2D eigenvalue weighted by molar-refractivity contribution is -0.118. The number of carbonyl (C=O) groups excluding carboxylic acids is 1. The highest BCUT2D eigenvalue weighted by Gasteiger charge is 2.16. The van der Waals surface area contributed by atoms with Crippen LogP contribution in [-0.4, -0.2) is 17.4 Å². The minimum Gasteiger partial charge on any atom is -0.480 e. The van der Waals surface area contributed by atoms with Gasteiger partial charge in [-0.1, -0.05) is 0 Å². The van der Waals surface area contributed by atoms with E-state index in [9.17, 15) is 4.79 Å². The second kappa shape index (κ2) is 4.20. The average molecular weight is 201 g/mol. The lowest BCUT2D eigenvalue weighted by atomic mass is 10.1. The molecule has 0 aliphatic heterocycles. The molecule has 0 aliphatic carbocycles. The van der Waals surface area contributed by atoms with Crippen LogP contribution >= 0.6 is 11.5 Å². The van der Waals surface area contributed by atoms with Crippen molar-refractivity contribution in [3.05, 3.63) is 10.9 Å². The van der Waals surface area contributed by atoms with Crippen molar-refractivity contribution in [2.24, 2.45) is 11.5 Å². The number of ether oxygens (including phenoxy) is 1. The molecule has 13 heavy (non-hydrogen) atoms. The number of nitrogens with two attached hydrogens (primary N) is 2.